The van der Waals surface area contributed by atoms with E-state index in [9.17, 15) is 4.79 Å². The summed E-state index contributed by atoms with van der Waals surface area (Å²) in [5.74, 6) is 2.45. The van der Waals surface area contributed by atoms with Gasteiger partial charge in [-0.05, 0) is 68.8 Å². The van der Waals surface area contributed by atoms with Gasteiger partial charge in [0.05, 0.1) is 0 Å². The first-order valence-electron chi connectivity index (χ1n) is 10.2. The molecular formula is C21H30N2O4. The fraction of sp³-hybridized carbons (Fsp3) is 0.667. The van der Waals surface area contributed by atoms with E-state index in [0.717, 1.165) is 57.1 Å². The molecule has 0 unspecified atom stereocenters. The number of fused-ring (bicyclic) bond motifs is 1. The molecule has 0 atom stereocenters. The molecule has 2 saturated heterocycles. The highest BCUT2D eigenvalue weighted by atomic mass is 16.7. The second-order valence-electron chi connectivity index (χ2n) is 7.97. The third-order valence-corrected chi connectivity index (χ3v) is 6.30. The van der Waals surface area contributed by atoms with Gasteiger partial charge in [-0.1, -0.05) is 6.07 Å². The highest BCUT2D eigenvalue weighted by Gasteiger charge is 2.36. The lowest BCUT2D eigenvalue weighted by atomic mass is 9.74. The van der Waals surface area contributed by atoms with E-state index in [-0.39, 0.29) is 18.1 Å². The van der Waals surface area contributed by atoms with Gasteiger partial charge in [0.25, 0.3) is 0 Å². The summed E-state index contributed by atoms with van der Waals surface area (Å²) in [4.78, 5) is 12.5. The van der Waals surface area contributed by atoms with Crippen molar-refractivity contribution in [3.63, 3.8) is 0 Å². The third kappa shape index (κ3) is 4.38. The van der Waals surface area contributed by atoms with Gasteiger partial charge >= 0.3 is 0 Å². The molecular weight excluding hydrogens is 344 g/mol. The minimum absolute atomic E-state index is 0.0936. The molecule has 1 aromatic carbocycles. The molecule has 148 valence electrons. The zero-order chi connectivity index (χ0) is 18.5. The molecule has 6 nitrogen and oxygen atoms in total. The number of carbonyl (C=O) groups is 1. The number of ether oxygens (including phenoxy) is 3. The quantitative estimate of drug-likeness (QED) is 0.800. The van der Waals surface area contributed by atoms with Crippen molar-refractivity contribution in [2.75, 3.05) is 39.6 Å². The van der Waals surface area contributed by atoms with Crippen LogP contribution in [0.3, 0.4) is 0 Å². The van der Waals surface area contributed by atoms with Gasteiger partial charge in [-0.2, -0.15) is 0 Å². The summed E-state index contributed by atoms with van der Waals surface area (Å²) in [5.41, 5.74) is 1.11. The smallest absolute Gasteiger partial charge is 0.231 e. The Morgan fingerprint density at radius 3 is 2.74 bits per heavy atom. The number of hydrogen-bond acceptors (Lipinski definition) is 5. The van der Waals surface area contributed by atoms with Crippen LogP contribution in [0.4, 0.5) is 0 Å². The normalized spacial score (nSPS) is 21.8. The molecule has 0 spiro atoms. The van der Waals surface area contributed by atoms with Crippen LogP contribution in [-0.2, 0) is 14.9 Å². The van der Waals surface area contributed by atoms with Gasteiger partial charge in [-0.25, -0.2) is 0 Å². The van der Waals surface area contributed by atoms with Crippen molar-refractivity contribution in [2.45, 2.75) is 43.9 Å². The van der Waals surface area contributed by atoms with Gasteiger partial charge in [0.2, 0.25) is 12.7 Å². The standard InChI is InChI=1S/C21H30N2O4/c24-20(4-1-16-5-9-22-10-6-16)23-14-21(7-11-25-12-8-21)17-2-3-18-19(13-17)27-15-26-18/h2-3,13,16,22H,1,4-12,14-15H2,(H,23,24). The Labute approximate surface area is 160 Å². The number of carbonyl (C=O) groups excluding carboxylic acids is 1. The highest BCUT2D eigenvalue weighted by Crippen LogP contribution is 2.40. The molecule has 0 aliphatic carbocycles. The zero-order valence-corrected chi connectivity index (χ0v) is 15.9. The predicted octanol–water partition coefficient (Wildman–Crippen LogP) is 2.36. The zero-order valence-electron chi connectivity index (χ0n) is 15.9. The number of hydrogen-bond donors (Lipinski definition) is 2. The Hall–Kier alpha value is -1.79. The molecule has 2 N–H and O–H groups in total. The number of piperidine rings is 1. The fourth-order valence-corrected chi connectivity index (χ4v) is 4.42. The third-order valence-electron chi connectivity index (χ3n) is 6.30. The van der Waals surface area contributed by atoms with Crippen LogP contribution in [0.25, 0.3) is 0 Å². The molecule has 2 fully saturated rings. The largest absolute Gasteiger partial charge is 0.454 e. The van der Waals surface area contributed by atoms with E-state index in [4.69, 9.17) is 14.2 Å². The van der Waals surface area contributed by atoms with E-state index >= 15 is 0 Å². The average molecular weight is 374 g/mol. The summed E-state index contributed by atoms with van der Waals surface area (Å²) in [6, 6.07) is 6.17. The van der Waals surface area contributed by atoms with Gasteiger partial charge < -0.3 is 24.8 Å². The van der Waals surface area contributed by atoms with E-state index < -0.39 is 0 Å². The average Bonchev–Trinajstić information content (AvgIpc) is 3.20. The van der Waals surface area contributed by atoms with Crippen LogP contribution in [-0.4, -0.2) is 45.5 Å². The molecule has 1 amide bonds. The SMILES string of the molecule is O=C(CCC1CCNCC1)NCC1(c2ccc3c(c2)OCO3)CCOCC1. The minimum Gasteiger partial charge on any atom is -0.454 e. The lowest BCUT2D eigenvalue weighted by Crippen LogP contribution is -2.44. The van der Waals surface area contributed by atoms with E-state index in [1.165, 1.54) is 18.4 Å². The van der Waals surface area contributed by atoms with Gasteiger partial charge in [0, 0.05) is 31.6 Å². The maximum absolute atomic E-state index is 12.5. The first-order valence-corrected chi connectivity index (χ1v) is 10.2. The van der Waals surface area contributed by atoms with Gasteiger partial charge in [-0.3, -0.25) is 4.79 Å². The van der Waals surface area contributed by atoms with Crippen LogP contribution in [0.2, 0.25) is 0 Å². The summed E-state index contributed by atoms with van der Waals surface area (Å²) in [5, 5.41) is 6.60. The highest BCUT2D eigenvalue weighted by molar-refractivity contribution is 5.76. The van der Waals surface area contributed by atoms with E-state index in [2.05, 4.69) is 22.8 Å². The second kappa shape index (κ2) is 8.48. The fourth-order valence-electron chi connectivity index (χ4n) is 4.42. The lowest BCUT2D eigenvalue weighted by molar-refractivity contribution is -0.122. The van der Waals surface area contributed by atoms with E-state index in [0.29, 0.717) is 18.9 Å². The van der Waals surface area contributed by atoms with Crippen molar-refractivity contribution in [3.8, 4) is 11.5 Å². The Morgan fingerprint density at radius 2 is 1.93 bits per heavy atom. The summed E-state index contributed by atoms with van der Waals surface area (Å²) in [6.45, 7) is 4.54. The lowest BCUT2D eigenvalue weighted by Gasteiger charge is -2.38. The number of nitrogens with one attached hydrogen (secondary N) is 2. The van der Waals surface area contributed by atoms with Crippen molar-refractivity contribution >= 4 is 5.91 Å². The van der Waals surface area contributed by atoms with Crippen LogP contribution in [0, 0.1) is 5.92 Å². The monoisotopic (exact) mass is 374 g/mol. The molecule has 27 heavy (non-hydrogen) atoms. The maximum atomic E-state index is 12.5. The van der Waals surface area contributed by atoms with Gasteiger partial charge in [0.15, 0.2) is 11.5 Å². The first kappa shape index (κ1) is 18.6. The van der Waals surface area contributed by atoms with Crippen molar-refractivity contribution in [1.82, 2.24) is 10.6 Å². The van der Waals surface area contributed by atoms with Crippen molar-refractivity contribution in [1.29, 1.82) is 0 Å². The van der Waals surface area contributed by atoms with Crippen LogP contribution in [0.15, 0.2) is 18.2 Å². The Balaban J connectivity index is 1.37. The number of rotatable bonds is 6. The van der Waals surface area contributed by atoms with Gasteiger partial charge in [0.1, 0.15) is 0 Å². The molecule has 0 bridgehead atoms. The summed E-state index contributed by atoms with van der Waals surface area (Å²) in [6.07, 6.45) is 5.80. The first-order chi connectivity index (χ1) is 13.3. The molecule has 1 aromatic rings. The maximum Gasteiger partial charge on any atom is 0.231 e. The summed E-state index contributed by atoms with van der Waals surface area (Å²) >= 11 is 0. The van der Waals surface area contributed by atoms with Gasteiger partial charge in [-0.15, -0.1) is 0 Å². The Morgan fingerprint density at radius 1 is 1.15 bits per heavy atom. The summed E-state index contributed by atoms with van der Waals surface area (Å²) < 4.78 is 16.6. The van der Waals surface area contributed by atoms with Crippen LogP contribution < -0.4 is 20.1 Å². The Kier molecular flexibility index (Phi) is 5.83. The summed E-state index contributed by atoms with van der Waals surface area (Å²) in [7, 11) is 0. The molecule has 6 heteroatoms. The molecule has 0 aromatic heterocycles. The van der Waals surface area contributed by atoms with E-state index in [1.807, 2.05) is 6.07 Å². The van der Waals surface area contributed by atoms with Crippen molar-refractivity contribution < 1.29 is 19.0 Å². The van der Waals surface area contributed by atoms with E-state index in [1.54, 1.807) is 0 Å². The molecule has 0 radical (unpaired) electrons. The molecule has 3 aliphatic heterocycles. The molecule has 0 saturated carbocycles. The van der Waals surface area contributed by atoms with Crippen molar-refractivity contribution in [3.05, 3.63) is 23.8 Å². The van der Waals surface area contributed by atoms with Crippen molar-refractivity contribution in [2.24, 2.45) is 5.92 Å². The number of benzene rings is 1. The molecule has 4 rings (SSSR count). The minimum atomic E-state index is -0.0936. The molecule has 3 heterocycles. The number of amides is 1. The predicted molar refractivity (Wildman–Crippen MR) is 102 cm³/mol. The second-order valence-corrected chi connectivity index (χ2v) is 7.97. The molecule has 3 aliphatic rings. The van der Waals surface area contributed by atoms with Crippen LogP contribution in [0.5, 0.6) is 11.5 Å². The topological polar surface area (TPSA) is 68.8 Å². The van der Waals surface area contributed by atoms with Crippen LogP contribution in [0.1, 0.15) is 44.1 Å². The Bertz CT molecular complexity index is 652. The van der Waals surface area contributed by atoms with Crippen LogP contribution >= 0.6 is 0 Å².